The first-order chi connectivity index (χ1) is 10.1. The molecule has 0 bridgehead atoms. The summed E-state index contributed by atoms with van der Waals surface area (Å²) in [6.45, 7) is 0. The molecule has 0 saturated carbocycles. The highest BCUT2D eigenvalue weighted by Crippen LogP contribution is 2.30. The number of hydrogen-bond donors (Lipinski definition) is 2. The van der Waals surface area contributed by atoms with Crippen molar-refractivity contribution in [2.75, 3.05) is 11.1 Å². The topological polar surface area (TPSA) is 81.6 Å². The number of imidazole rings is 1. The fraction of sp³-hybridized carbons (Fsp3) is 0. The number of nitrogens with one attached hydrogen (secondary N) is 1. The molecule has 106 valence electrons. The Kier molecular flexibility index (Phi) is 3.64. The second-order valence-electron chi connectivity index (χ2n) is 4.18. The molecule has 0 atom stereocenters. The van der Waals surface area contributed by atoms with Crippen LogP contribution in [0.15, 0.2) is 43.2 Å². The minimum atomic E-state index is 0.381. The van der Waals surface area contributed by atoms with Gasteiger partial charge in [0, 0.05) is 17.4 Å². The summed E-state index contributed by atoms with van der Waals surface area (Å²) in [7, 11) is 0. The molecule has 3 N–H and O–H groups in total. The molecule has 0 spiro atoms. The van der Waals surface area contributed by atoms with E-state index >= 15 is 0 Å². The van der Waals surface area contributed by atoms with Gasteiger partial charge in [0.1, 0.15) is 18.3 Å². The fourth-order valence-electron chi connectivity index (χ4n) is 1.80. The molecule has 2 aromatic heterocycles. The average molecular weight is 321 g/mol. The fourth-order valence-corrected chi connectivity index (χ4v) is 2.13. The summed E-state index contributed by atoms with van der Waals surface area (Å²) in [6, 6.07) is 5.10. The van der Waals surface area contributed by atoms with Gasteiger partial charge in [0.2, 0.25) is 0 Å². The third kappa shape index (κ3) is 2.76. The SMILES string of the molecule is Nc1c(Nc2cc(Cl)ccc2Cl)ncnc1-n1ccnc1. The van der Waals surface area contributed by atoms with Gasteiger partial charge in [-0.1, -0.05) is 23.2 Å². The van der Waals surface area contributed by atoms with Gasteiger partial charge in [0.15, 0.2) is 11.6 Å². The van der Waals surface area contributed by atoms with Gasteiger partial charge in [-0.25, -0.2) is 15.0 Å². The maximum absolute atomic E-state index is 6.12. The van der Waals surface area contributed by atoms with Crippen molar-refractivity contribution in [2.24, 2.45) is 0 Å². The smallest absolute Gasteiger partial charge is 0.166 e. The van der Waals surface area contributed by atoms with Crippen LogP contribution in [-0.2, 0) is 0 Å². The normalized spacial score (nSPS) is 10.6. The van der Waals surface area contributed by atoms with E-state index in [1.807, 2.05) is 0 Å². The van der Waals surface area contributed by atoms with Crippen LogP contribution in [-0.4, -0.2) is 19.5 Å². The van der Waals surface area contributed by atoms with Crippen LogP contribution < -0.4 is 11.1 Å². The Balaban J connectivity index is 2.00. The second-order valence-corrected chi connectivity index (χ2v) is 5.02. The predicted octanol–water partition coefficient (Wildman–Crippen LogP) is 3.29. The summed E-state index contributed by atoms with van der Waals surface area (Å²) in [4.78, 5) is 12.3. The largest absolute Gasteiger partial charge is 0.393 e. The molecule has 8 heteroatoms. The van der Waals surface area contributed by atoms with E-state index in [-0.39, 0.29) is 0 Å². The van der Waals surface area contributed by atoms with Crippen LogP contribution in [0.1, 0.15) is 0 Å². The average Bonchev–Trinajstić information content (AvgIpc) is 2.99. The molecule has 0 saturated heterocycles. The van der Waals surface area contributed by atoms with Crippen LogP contribution in [0.3, 0.4) is 0 Å². The minimum absolute atomic E-state index is 0.381. The van der Waals surface area contributed by atoms with Gasteiger partial charge >= 0.3 is 0 Å². The lowest BCUT2D eigenvalue weighted by Gasteiger charge is -2.12. The lowest BCUT2D eigenvalue weighted by molar-refractivity contribution is 0.977. The van der Waals surface area contributed by atoms with E-state index < -0.39 is 0 Å². The number of nitrogens with two attached hydrogens (primary N) is 1. The number of halogens is 2. The first-order valence-electron chi connectivity index (χ1n) is 5.96. The van der Waals surface area contributed by atoms with Crippen LogP contribution in [0.2, 0.25) is 10.0 Å². The summed E-state index contributed by atoms with van der Waals surface area (Å²) in [5.41, 5.74) is 7.10. The highest BCUT2D eigenvalue weighted by molar-refractivity contribution is 6.35. The molecular weight excluding hydrogens is 311 g/mol. The molecule has 0 amide bonds. The third-order valence-electron chi connectivity index (χ3n) is 2.79. The molecule has 6 nitrogen and oxygen atoms in total. The summed E-state index contributed by atoms with van der Waals surface area (Å²) >= 11 is 12.1. The lowest BCUT2D eigenvalue weighted by atomic mass is 10.3. The van der Waals surface area contributed by atoms with Gasteiger partial charge in [0.05, 0.1) is 10.7 Å². The summed E-state index contributed by atoms with van der Waals surface area (Å²) in [5, 5.41) is 4.13. The van der Waals surface area contributed by atoms with Gasteiger partial charge < -0.3 is 11.1 Å². The van der Waals surface area contributed by atoms with E-state index in [1.54, 1.807) is 41.5 Å². The van der Waals surface area contributed by atoms with E-state index in [1.165, 1.54) is 6.33 Å². The molecule has 0 aliphatic heterocycles. The maximum Gasteiger partial charge on any atom is 0.166 e. The van der Waals surface area contributed by atoms with Crippen LogP contribution in [0.25, 0.3) is 5.82 Å². The zero-order valence-corrected chi connectivity index (χ0v) is 12.2. The third-order valence-corrected chi connectivity index (χ3v) is 3.36. The Morgan fingerprint density at radius 1 is 1.19 bits per heavy atom. The summed E-state index contributed by atoms with van der Waals surface area (Å²) in [5.74, 6) is 0.973. The number of nitrogens with zero attached hydrogens (tertiary/aromatic N) is 4. The van der Waals surface area contributed by atoms with Crippen molar-refractivity contribution in [1.82, 2.24) is 19.5 Å². The van der Waals surface area contributed by atoms with E-state index in [0.29, 0.717) is 33.1 Å². The predicted molar refractivity (Wildman–Crippen MR) is 83.3 cm³/mol. The van der Waals surface area contributed by atoms with E-state index in [9.17, 15) is 0 Å². The van der Waals surface area contributed by atoms with E-state index in [2.05, 4.69) is 20.3 Å². The molecular formula is C13H10Cl2N6. The lowest BCUT2D eigenvalue weighted by Crippen LogP contribution is -2.06. The number of benzene rings is 1. The van der Waals surface area contributed by atoms with Crippen molar-refractivity contribution in [3.63, 3.8) is 0 Å². The Morgan fingerprint density at radius 3 is 2.81 bits per heavy atom. The van der Waals surface area contributed by atoms with Gasteiger partial charge in [-0.05, 0) is 18.2 Å². The van der Waals surface area contributed by atoms with Crippen LogP contribution in [0, 0.1) is 0 Å². The molecule has 21 heavy (non-hydrogen) atoms. The molecule has 0 aliphatic carbocycles. The van der Waals surface area contributed by atoms with Crippen molar-refractivity contribution in [1.29, 1.82) is 0 Å². The Hall–Kier alpha value is -2.31. The van der Waals surface area contributed by atoms with Crippen molar-refractivity contribution in [2.45, 2.75) is 0 Å². The quantitative estimate of drug-likeness (QED) is 0.773. The molecule has 0 radical (unpaired) electrons. The molecule has 1 aromatic carbocycles. The summed E-state index contributed by atoms with van der Waals surface area (Å²) < 4.78 is 1.70. The molecule has 0 aliphatic rings. The molecule has 0 fully saturated rings. The summed E-state index contributed by atoms with van der Waals surface area (Å²) in [6.07, 6.45) is 6.40. The Labute approximate surface area is 130 Å². The molecule has 3 aromatic rings. The number of rotatable bonds is 3. The number of aromatic nitrogens is 4. The van der Waals surface area contributed by atoms with Crippen molar-refractivity contribution in [3.05, 3.63) is 53.3 Å². The first kappa shape index (κ1) is 13.7. The Bertz CT molecular complexity index is 772. The van der Waals surface area contributed by atoms with E-state index in [4.69, 9.17) is 28.9 Å². The van der Waals surface area contributed by atoms with Crippen molar-refractivity contribution in [3.8, 4) is 5.82 Å². The van der Waals surface area contributed by atoms with Crippen molar-refractivity contribution < 1.29 is 0 Å². The number of nitrogen functional groups attached to an aromatic ring is 1. The van der Waals surface area contributed by atoms with Crippen LogP contribution in [0.5, 0.6) is 0 Å². The van der Waals surface area contributed by atoms with Gasteiger partial charge in [0.25, 0.3) is 0 Å². The van der Waals surface area contributed by atoms with Gasteiger partial charge in [-0.3, -0.25) is 4.57 Å². The zero-order valence-electron chi connectivity index (χ0n) is 10.7. The molecule has 0 unspecified atom stereocenters. The monoisotopic (exact) mass is 320 g/mol. The maximum atomic E-state index is 6.12. The zero-order chi connectivity index (χ0) is 14.8. The molecule has 2 heterocycles. The second kappa shape index (κ2) is 5.59. The first-order valence-corrected chi connectivity index (χ1v) is 6.71. The number of anilines is 3. The van der Waals surface area contributed by atoms with E-state index in [0.717, 1.165) is 0 Å². The standard InChI is InChI=1S/C13H10Cl2N6/c14-8-1-2-9(15)10(5-8)20-12-11(16)13(19-6-18-12)21-4-3-17-7-21/h1-7H,16H2,(H,18,19,20). The number of hydrogen-bond acceptors (Lipinski definition) is 5. The minimum Gasteiger partial charge on any atom is -0.393 e. The van der Waals surface area contributed by atoms with Gasteiger partial charge in [-0.2, -0.15) is 0 Å². The Morgan fingerprint density at radius 2 is 2.05 bits per heavy atom. The highest BCUT2D eigenvalue weighted by atomic mass is 35.5. The highest BCUT2D eigenvalue weighted by Gasteiger charge is 2.11. The van der Waals surface area contributed by atoms with Gasteiger partial charge in [-0.15, -0.1) is 0 Å². The van der Waals surface area contributed by atoms with Crippen LogP contribution in [0.4, 0.5) is 17.2 Å². The van der Waals surface area contributed by atoms with Crippen molar-refractivity contribution >= 4 is 40.4 Å². The van der Waals surface area contributed by atoms with Crippen LogP contribution >= 0.6 is 23.2 Å². The molecule has 3 rings (SSSR count).